The lowest BCUT2D eigenvalue weighted by atomic mass is 10.1. The summed E-state index contributed by atoms with van der Waals surface area (Å²) in [4.78, 5) is 36.1. The molecule has 0 aromatic heterocycles. The van der Waals surface area contributed by atoms with Gasteiger partial charge in [0.25, 0.3) is 0 Å². The zero-order valence-corrected chi connectivity index (χ0v) is 16.9. The van der Waals surface area contributed by atoms with Gasteiger partial charge in [0.05, 0.1) is 5.56 Å². The standard InChI is InChI=1S/C22H24N2O6/c1-14(2)24-22(27)23-12-15-3-5-16(6-4-15)21(26)30-13-18(25)17-7-8-19-20(11-17)29-10-9-28-19/h3-8,11,14H,9-10,12-13H2,1-2H3,(H2,23,24,27). The summed E-state index contributed by atoms with van der Waals surface area (Å²) in [6.45, 7) is 4.59. The van der Waals surface area contributed by atoms with E-state index in [9.17, 15) is 14.4 Å². The number of urea groups is 1. The third kappa shape index (κ3) is 5.73. The molecule has 0 atom stereocenters. The minimum absolute atomic E-state index is 0.0482. The Kier molecular flexibility index (Phi) is 6.90. The molecule has 0 unspecified atom stereocenters. The Morgan fingerprint density at radius 2 is 1.63 bits per heavy atom. The van der Waals surface area contributed by atoms with Crippen molar-refractivity contribution in [3.05, 3.63) is 59.2 Å². The Hall–Kier alpha value is -3.55. The van der Waals surface area contributed by atoms with E-state index in [1.165, 1.54) is 0 Å². The fourth-order valence-corrected chi connectivity index (χ4v) is 2.77. The fraction of sp³-hybridized carbons (Fsp3) is 0.318. The van der Waals surface area contributed by atoms with E-state index in [0.29, 0.717) is 42.4 Å². The number of hydrogen-bond acceptors (Lipinski definition) is 6. The molecule has 0 spiro atoms. The van der Waals surface area contributed by atoms with Crippen LogP contribution in [-0.2, 0) is 11.3 Å². The van der Waals surface area contributed by atoms with E-state index in [1.807, 2.05) is 13.8 Å². The Morgan fingerprint density at radius 3 is 2.33 bits per heavy atom. The highest BCUT2D eigenvalue weighted by molar-refractivity contribution is 5.99. The van der Waals surface area contributed by atoms with E-state index in [2.05, 4.69) is 10.6 Å². The molecule has 2 aromatic rings. The van der Waals surface area contributed by atoms with Crippen molar-refractivity contribution in [2.45, 2.75) is 26.4 Å². The van der Waals surface area contributed by atoms with E-state index in [-0.39, 0.29) is 24.5 Å². The van der Waals surface area contributed by atoms with Crippen molar-refractivity contribution in [2.24, 2.45) is 0 Å². The molecule has 1 aliphatic rings. The van der Waals surface area contributed by atoms with Crippen LogP contribution in [-0.4, -0.2) is 43.6 Å². The monoisotopic (exact) mass is 412 g/mol. The maximum atomic E-state index is 12.3. The molecule has 8 nitrogen and oxygen atoms in total. The van der Waals surface area contributed by atoms with Crippen molar-refractivity contribution in [3.63, 3.8) is 0 Å². The Morgan fingerprint density at radius 1 is 0.967 bits per heavy atom. The number of esters is 1. The van der Waals surface area contributed by atoms with Crippen molar-refractivity contribution < 1.29 is 28.6 Å². The quantitative estimate of drug-likeness (QED) is 0.535. The SMILES string of the molecule is CC(C)NC(=O)NCc1ccc(C(=O)OCC(=O)c2ccc3c(c2)OCCO3)cc1. The minimum atomic E-state index is -0.599. The highest BCUT2D eigenvalue weighted by atomic mass is 16.6. The number of hydrogen-bond donors (Lipinski definition) is 2. The van der Waals surface area contributed by atoms with Crippen LogP contribution in [0.5, 0.6) is 11.5 Å². The number of nitrogens with one attached hydrogen (secondary N) is 2. The van der Waals surface area contributed by atoms with Gasteiger partial charge in [-0.05, 0) is 49.7 Å². The van der Waals surface area contributed by atoms with Gasteiger partial charge in [-0.3, -0.25) is 4.79 Å². The number of carbonyl (C=O) groups is 3. The van der Waals surface area contributed by atoms with Crippen LogP contribution in [0.2, 0.25) is 0 Å². The fourth-order valence-electron chi connectivity index (χ4n) is 2.77. The van der Waals surface area contributed by atoms with Gasteiger partial charge in [0.1, 0.15) is 13.2 Å². The zero-order valence-electron chi connectivity index (χ0n) is 16.9. The highest BCUT2D eigenvalue weighted by Gasteiger charge is 2.17. The average molecular weight is 412 g/mol. The van der Waals surface area contributed by atoms with Gasteiger partial charge < -0.3 is 24.8 Å². The van der Waals surface area contributed by atoms with Gasteiger partial charge in [-0.15, -0.1) is 0 Å². The molecule has 0 saturated carbocycles. The van der Waals surface area contributed by atoms with Crippen molar-refractivity contribution in [3.8, 4) is 11.5 Å². The summed E-state index contributed by atoms with van der Waals surface area (Å²) in [5, 5.41) is 5.46. The number of ether oxygens (including phenoxy) is 3. The summed E-state index contributed by atoms with van der Waals surface area (Å²) >= 11 is 0. The first kappa shape index (κ1) is 21.2. The number of ketones is 1. The largest absolute Gasteiger partial charge is 0.486 e. The molecular weight excluding hydrogens is 388 g/mol. The molecule has 3 rings (SSSR count). The summed E-state index contributed by atoms with van der Waals surface area (Å²) < 4.78 is 16.0. The van der Waals surface area contributed by atoms with Gasteiger partial charge in [-0.1, -0.05) is 12.1 Å². The summed E-state index contributed by atoms with van der Waals surface area (Å²) in [6, 6.07) is 11.3. The Balaban J connectivity index is 1.50. The summed E-state index contributed by atoms with van der Waals surface area (Å²) in [6.07, 6.45) is 0. The molecule has 0 aliphatic carbocycles. The van der Waals surface area contributed by atoms with E-state index in [1.54, 1.807) is 42.5 Å². The maximum absolute atomic E-state index is 12.3. The number of benzene rings is 2. The third-order valence-corrected chi connectivity index (χ3v) is 4.26. The van der Waals surface area contributed by atoms with Gasteiger partial charge in [0.2, 0.25) is 0 Å². The van der Waals surface area contributed by atoms with Crippen molar-refractivity contribution >= 4 is 17.8 Å². The van der Waals surface area contributed by atoms with Crippen LogP contribution in [0.1, 0.15) is 40.1 Å². The van der Waals surface area contributed by atoms with Crippen molar-refractivity contribution in [2.75, 3.05) is 19.8 Å². The average Bonchev–Trinajstić information content (AvgIpc) is 2.75. The molecule has 0 fully saturated rings. The number of amides is 2. The molecule has 158 valence electrons. The first-order valence-corrected chi connectivity index (χ1v) is 9.65. The first-order chi connectivity index (χ1) is 14.4. The highest BCUT2D eigenvalue weighted by Crippen LogP contribution is 2.30. The van der Waals surface area contributed by atoms with Gasteiger partial charge in [-0.2, -0.15) is 0 Å². The molecule has 30 heavy (non-hydrogen) atoms. The van der Waals surface area contributed by atoms with Crippen LogP contribution < -0.4 is 20.1 Å². The molecule has 2 aromatic carbocycles. The lowest BCUT2D eigenvalue weighted by Gasteiger charge is -2.18. The lowest BCUT2D eigenvalue weighted by Crippen LogP contribution is -2.39. The van der Waals surface area contributed by atoms with Crippen LogP contribution in [0.15, 0.2) is 42.5 Å². The van der Waals surface area contributed by atoms with Gasteiger partial charge in [0, 0.05) is 18.2 Å². The summed E-state index contributed by atoms with van der Waals surface area (Å²) in [5.41, 5.74) is 1.53. The molecule has 1 aliphatic heterocycles. The van der Waals surface area contributed by atoms with Crippen molar-refractivity contribution in [1.29, 1.82) is 0 Å². The van der Waals surface area contributed by atoms with E-state index in [4.69, 9.17) is 14.2 Å². The topological polar surface area (TPSA) is 103 Å². The summed E-state index contributed by atoms with van der Waals surface area (Å²) in [7, 11) is 0. The predicted octanol–water partition coefficient (Wildman–Crippen LogP) is 2.71. The van der Waals surface area contributed by atoms with Crippen LogP contribution in [0, 0.1) is 0 Å². The second-order valence-corrected chi connectivity index (χ2v) is 7.04. The molecular formula is C22H24N2O6. The van der Waals surface area contributed by atoms with Crippen molar-refractivity contribution in [1.82, 2.24) is 10.6 Å². The number of fused-ring (bicyclic) bond motifs is 1. The zero-order chi connectivity index (χ0) is 21.5. The Bertz CT molecular complexity index is 924. The molecule has 2 N–H and O–H groups in total. The number of carbonyl (C=O) groups excluding carboxylic acids is 3. The predicted molar refractivity (Wildman–Crippen MR) is 109 cm³/mol. The van der Waals surface area contributed by atoms with Crippen LogP contribution in [0.25, 0.3) is 0 Å². The van der Waals surface area contributed by atoms with Gasteiger partial charge in [-0.25, -0.2) is 9.59 Å². The van der Waals surface area contributed by atoms with E-state index < -0.39 is 5.97 Å². The molecule has 0 bridgehead atoms. The third-order valence-electron chi connectivity index (χ3n) is 4.26. The van der Waals surface area contributed by atoms with E-state index >= 15 is 0 Å². The van der Waals surface area contributed by atoms with Crippen LogP contribution in [0.3, 0.4) is 0 Å². The lowest BCUT2D eigenvalue weighted by molar-refractivity contribution is 0.0474. The number of Topliss-reactive ketones (excluding diaryl/α,β-unsaturated/α-hetero) is 1. The summed E-state index contributed by atoms with van der Waals surface area (Å²) in [5.74, 6) is 0.158. The van der Waals surface area contributed by atoms with Crippen LogP contribution >= 0.6 is 0 Å². The molecule has 0 saturated heterocycles. The minimum Gasteiger partial charge on any atom is -0.486 e. The molecule has 8 heteroatoms. The maximum Gasteiger partial charge on any atom is 0.338 e. The van der Waals surface area contributed by atoms with Gasteiger partial charge >= 0.3 is 12.0 Å². The Labute approximate surface area is 174 Å². The number of rotatable bonds is 7. The second-order valence-electron chi connectivity index (χ2n) is 7.04. The first-order valence-electron chi connectivity index (χ1n) is 9.65. The normalized spacial score (nSPS) is 12.2. The molecule has 2 amide bonds. The van der Waals surface area contributed by atoms with E-state index in [0.717, 1.165) is 5.56 Å². The van der Waals surface area contributed by atoms with Crippen LogP contribution in [0.4, 0.5) is 4.79 Å². The second kappa shape index (κ2) is 9.78. The molecule has 1 heterocycles. The molecule has 0 radical (unpaired) electrons. The van der Waals surface area contributed by atoms with Gasteiger partial charge in [0.15, 0.2) is 23.9 Å². The smallest absolute Gasteiger partial charge is 0.338 e.